The third-order valence-corrected chi connectivity index (χ3v) is 5.70. The van der Waals surface area contributed by atoms with Crippen molar-refractivity contribution in [2.24, 2.45) is 0 Å². The number of carbonyl (C=O) groups is 1. The average molecular weight is 504 g/mol. The number of nitrogens with zero attached hydrogens (tertiary/aromatic N) is 2. The van der Waals surface area contributed by atoms with Gasteiger partial charge < -0.3 is 29.6 Å². The van der Waals surface area contributed by atoms with Crippen molar-refractivity contribution in [2.45, 2.75) is 19.8 Å². The molecular formula is C29H33N3O5. The Balaban J connectivity index is 0.000000886. The maximum Gasteiger partial charge on any atom is 0.300 e. The highest BCUT2D eigenvalue weighted by molar-refractivity contribution is 5.75. The van der Waals surface area contributed by atoms with Crippen LogP contribution in [0.25, 0.3) is 22.6 Å². The molecule has 3 N–H and O–H groups in total. The van der Waals surface area contributed by atoms with Gasteiger partial charge in [-0.3, -0.25) is 4.79 Å². The number of anilines is 1. The maximum atomic E-state index is 10.8. The van der Waals surface area contributed by atoms with Crippen LogP contribution >= 0.6 is 0 Å². The molecular weight excluding hydrogens is 470 g/mol. The zero-order chi connectivity index (χ0) is 26.9. The molecule has 0 spiro atoms. The number of phenols is 1. The van der Waals surface area contributed by atoms with E-state index in [1.165, 1.54) is 12.7 Å². The van der Waals surface area contributed by atoms with Crippen LogP contribution in [0.2, 0.25) is 0 Å². The first-order chi connectivity index (χ1) is 17.7. The summed E-state index contributed by atoms with van der Waals surface area (Å²) < 4.78 is 10.7. The molecule has 0 saturated heterocycles. The number of aromatic amines is 1. The van der Waals surface area contributed by atoms with Gasteiger partial charge in [0, 0.05) is 44.0 Å². The number of rotatable bonds is 8. The molecule has 4 rings (SSSR count). The second-order valence-electron chi connectivity index (χ2n) is 8.58. The molecule has 0 saturated carbocycles. The van der Waals surface area contributed by atoms with Gasteiger partial charge in [-0.2, -0.15) is 0 Å². The molecule has 8 heteroatoms. The van der Waals surface area contributed by atoms with E-state index in [0.29, 0.717) is 22.9 Å². The quantitative estimate of drug-likeness (QED) is 0.295. The zero-order valence-corrected chi connectivity index (χ0v) is 21.8. The van der Waals surface area contributed by atoms with E-state index < -0.39 is 5.97 Å². The van der Waals surface area contributed by atoms with E-state index >= 15 is 0 Å². The molecule has 8 nitrogen and oxygen atoms in total. The molecule has 4 aromatic rings. The predicted molar refractivity (Wildman–Crippen MR) is 146 cm³/mol. The second kappa shape index (κ2) is 12.5. The Morgan fingerprint density at radius 1 is 0.973 bits per heavy atom. The lowest BCUT2D eigenvalue weighted by Gasteiger charge is -2.12. The normalized spacial score (nSPS) is 10.3. The van der Waals surface area contributed by atoms with Crippen molar-refractivity contribution in [3.8, 4) is 39.9 Å². The van der Waals surface area contributed by atoms with Crippen LogP contribution in [0.15, 0.2) is 66.7 Å². The van der Waals surface area contributed by atoms with Crippen molar-refractivity contribution in [2.75, 3.05) is 33.2 Å². The molecule has 0 aliphatic rings. The molecule has 1 aromatic heterocycles. The van der Waals surface area contributed by atoms with Crippen LogP contribution in [0.3, 0.4) is 0 Å². The highest BCUT2D eigenvalue weighted by Crippen LogP contribution is 2.41. The summed E-state index contributed by atoms with van der Waals surface area (Å²) in [5, 5.41) is 18.2. The Morgan fingerprint density at radius 3 is 2.19 bits per heavy atom. The Bertz CT molecular complexity index is 1310. The third kappa shape index (κ3) is 7.04. The highest BCUT2D eigenvalue weighted by atomic mass is 16.5. The molecule has 1 heterocycles. The van der Waals surface area contributed by atoms with Gasteiger partial charge in [0.05, 0.1) is 25.5 Å². The summed E-state index contributed by atoms with van der Waals surface area (Å²) in [5.41, 5.74) is 5.80. The Hall–Kier alpha value is -4.46. The molecule has 3 aromatic carbocycles. The molecule has 0 bridgehead atoms. The standard InChI is InChI=1S/C27H29N3O3.C2H4O2/c1-30(2)20-13-11-19(12-14-20)25-23(15-10-18-8-6-5-7-9-18)28-27(29-25)22-16-21(32-3)17-24(33-4)26(22)31;1-2(3)4/h5-9,11-14,16-17,31H,10,15H2,1-4H3,(H,28,29);1H3,(H,3,4). The lowest BCUT2D eigenvalue weighted by atomic mass is 10.0. The SMILES string of the molecule is CC(=O)O.COc1cc(OC)c(O)c(-c2nc(-c3ccc(N(C)C)cc3)c(CCc3ccccc3)[nH]2)c1. The van der Waals surface area contributed by atoms with Crippen molar-refractivity contribution in [1.29, 1.82) is 0 Å². The van der Waals surface area contributed by atoms with Crippen molar-refractivity contribution < 1.29 is 24.5 Å². The second-order valence-corrected chi connectivity index (χ2v) is 8.58. The first-order valence-corrected chi connectivity index (χ1v) is 11.8. The van der Waals surface area contributed by atoms with Gasteiger partial charge in [-0.1, -0.05) is 42.5 Å². The van der Waals surface area contributed by atoms with Crippen LogP contribution < -0.4 is 14.4 Å². The van der Waals surface area contributed by atoms with Crippen molar-refractivity contribution in [3.63, 3.8) is 0 Å². The zero-order valence-electron chi connectivity index (χ0n) is 21.8. The maximum absolute atomic E-state index is 10.8. The molecule has 0 aliphatic heterocycles. The van der Waals surface area contributed by atoms with E-state index in [4.69, 9.17) is 24.4 Å². The number of aliphatic carboxylic acids is 1. The highest BCUT2D eigenvalue weighted by Gasteiger charge is 2.19. The fraction of sp³-hybridized carbons (Fsp3) is 0.241. The molecule has 37 heavy (non-hydrogen) atoms. The minimum Gasteiger partial charge on any atom is -0.504 e. The monoisotopic (exact) mass is 503 g/mol. The molecule has 0 radical (unpaired) electrons. The van der Waals surface area contributed by atoms with Crippen LogP contribution in [0, 0.1) is 0 Å². The number of nitrogens with one attached hydrogen (secondary N) is 1. The smallest absolute Gasteiger partial charge is 0.300 e. The van der Waals surface area contributed by atoms with Gasteiger partial charge >= 0.3 is 0 Å². The minimum atomic E-state index is -0.833. The molecule has 0 amide bonds. The van der Waals surface area contributed by atoms with Crippen LogP contribution in [-0.4, -0.2) is 54.5 Å². The Kier molecular flexibility index (Phi) is 9.16. The lowest BCUT2D eigenvalue weighted by Crippen LogP contribution is -2.07. The summed E-state index contributed by atoms with van der Waals surface area (Å²) in [4.78, 5) is 19.4. The number of carboxylic acid groups (broad SMARTS) is 1. The van der Waals surface area contributed by atoms with Crippen molar-refractivity contribution in [3.05, 3.63) is 78.0 Å². The fourth-order valence-electron chi connectivity index (χ4n) is 3.82. The van der Waals surface area contributed by atoms with E-state index in [1.54, 1.807) is 19.2 Å². The molecule has 0 aliphatic carbocycles. The predicted octanol–water partition coefficient (Wildman–Crippen LogP) is 5.41. The number of carboxylic acids is 1. The van der Waals surface area contributed by atoms with E-state index in [0.717, 1.165) is 42.4 Å². The Labute approximate surface area is 217 Å². The molecule has 194 valence electrons. The first kappa shape index (κ1) is 27.1. The third-order valence-electron chi connectivity index (χ3n) is 5.70. The largest absolute Gasteiger partial charge is 0.504 e. The van der Waals surface area contributed by atoms with Crippen LogP contribution in [0.4, 0.5) is 5.69 Å². The molecule has 0 unspecified atom stereocenters. The summed E-state index contributed by atoms with van der Waals surface area (Å²) in [6.07, 6.45) is 1.66. The van der Waals surface area contributed by atoms with Gasteiger partial charge in [0.25, 0.3) is 5.97 Å². The topological polar surface area (TPSA) is 108 Å². The summed E-state index contributed by atoms with van der Waals surface area (Å²) in [5.74, 6) is 0.679. The summed E-state index contributed by atoms with van der Waals surface area (Å²) in [7, 11) is 7.14. The molecule has 0 atom stereocenters. The number of aromatic hydroxyl groups is 1. The first-order valence-electron chi connectivity index (χ1n) is 11.8. The van der Waals surface area contributed by atoms with E-state index in [-0.39, 0.29) is 5.75 Å². The van der Waals surface area contributed by atoms with E-state index in [1.807, 2.05) is 20.2 Å². The number of phenolic OH excluding ortho intramolecular Hbond substituents is 1. The fourth-order valence-corrected chi connectivity index (χ4v) is 3.82. The van der Waals surface area contributed by atoms with Crippen molar-refractivity contribution >= 4 is 11.7 Å². The van der Waals surface area contributed by atoms with Crippen LogP contribution in [-0.2, 0) is 17.6 Å². The number of aryl methyl sites for hydroxylation is 2. The van der Waals surface area contributed by atoms with Crippen molar-refractivity contribution in [1.82, 2.24) is 9.97 Å². The number of methoxy groups -OCH3 is 2. The van der Waals surface area contributed by atoms with Gasteiger partial charge in [0.1, 0.15) is 11.6 Å². The number of benzene rings is 3. The number of H-pyrrole nitrogens is 1. The van der Waals surface area contributed by atoms with Gasteiger partial charge in [-0.05, 0) is 36.6 Å². The Morgan fingerprint density at radius 2 is 1.62 bits per heavy atom. The van der Waals surface area contributed by atoms with Gasteiger partial charge in [0.15, 0.2) is 11.5 Å². The van der Waals surface area contributed by atoms with Crippen LogP contribution in [0.1, 0.15) is 18.2 Å². The van der Waals surface area contributed by atoms with Gasteiger partial charge in [-0.15, -0.1) is 0 Å². The van der Waals surface area contributed by atoms with Gasteiger partial charge in [-0.25, -0.2) is 4.98 Å². The number of ether oxygens (including phenoxy) is 2. The number of hydrogen-bond donors (Lipinski definition) is 3. The average Bonchev–Trinajstić information content (AvgIpc) is 3.32. The minimum absolute atomic E-state index is 0.0242. The number of hydrogen-bond acceptors (Lipinski definition) is 6. The summed E-state index contributed by atoms with van der Waals surface area (Å²) in [6.45, 7) is 1.08. The van der Waals surface area contributed by atoms with Gasteiger partial charge in [0.2, 0.25) is 0 Å². The van der Waals surface area contributed by atoms with Crippen LogP contribution in [0.5, 0.6) is 17.2 Å². The van der Waals surface area contributed by atoms with E-state index in [2.05, 4.69) is 58.4 Å². The number of aromatic nitrogens is 2. The number of imidazole rings is 1. The summed E-state index contributed by atoms with van der Waals surface area (Å²) >= 11 is 0. The lowest BCUT2D eigenvalue weighted by molar-refractivity contribution is -0.134. The summed E-state index contributed by atoms with van der Waals surface area (Å²) in [6, 6.07) is 22.1. The molecule has 0 fully saturated rings. The van der Waals surface area contributed by atoms with E-state index in [9.17, 15) is 5.11 Å².